The average molecular weight is 224 g/mol. The Morgan fingerprint density at radius 2 is 2.12 bits per heavy atom. The highest BCUT2D eigenvalue weighted by atomic mass is 16.2. The van der Waals surface area contributed by atoms with Crippen molar-refractivity contribution in [2.24, 2.45) is 17.3 Å². The predicted octanol–water partition coefficient (Wildman–Crippen LogP) is 1.84. The van der Waals surface area contributed by atoms with Gasteiger partial charge in [0.05, 0.1) is 12.7 Å². The first kappa shape index (κ1) is 11.9. The van der Waals surface area contributed by atoms with Crippen LogP contribution in [0.15, 0.2) is 0 Å². The average Bonchev–Trinajstić information content (AvgIpc) is 2.62. The van der Waals surface area contributed by atoms with Crippen molar-refractivity contribution in [1.29, 1.82) is 0 Å². The molecule has 1 aliphatic carbocycles. The van der Waals surface area contributed by atoms with Crippen LogP contribution in [0, 0.1) is 17.3 Å². The van der Waals surface area contributed by atoms with Crippen molar-refractivity contribution in [3.63, 3.8) is 0 Å². The molecule has 0 bridgehead atoms. The van der Waals surface area contributed by atoms with Gasteiger partial charge in [0, 0.05) is 6.54 Å². The van der Waals surface area contributed by atoms with E-state index in [9.17, 15) is 4.79 Å². The van der Waals surface area contributed by atoms with Gasteiger partial charge < -0.3 is 4.90 Å². The summed E-state index contributed by atoms with van der Waals surface area (Å²) < 4.78 is 0. The highest BCUT2D eigenvalue weighted by Crippen LogP contribution is 2.52. The molecule has 2 aliphatic rings. The fourth-order valence-electron chi connectivity index (χ4n) is 2.60. The molecule has 0 spiro atoms. The Labute approximate surface area is 98.6 Å². The summed E-state index contributed by atoms with van der Waals surface area (Å²) in [6.45, 7) is 10.5. The molecule has 1 aliphatic heterocycles. The molecule has 92 valence electrons. The van der Waals surface area contributed by atoms with Gasteiger partial charge in [0.15, 0.2) is 0 Å². The van der Waals surface area contributed by atoms with Gasteiger partial charge in [-0.15, -0.1) is 0 Å². The van der Waals surface area contributed by atoms with Crippen LogP contribution in [0.4, 0.5) is 0 Å². The van der Waals surface area contributed by atoms with E-state index in [1.165, 1.54) is 6.42 Å². The molecule has 2 rings (SSSR count). The fraction of sp³-hybridized carbons (Fsp3) is 0.923. The molecule has 1 saturated carbocycles. The van der Waals surface area contributed by atoms with Crippen molar-refractivity contribution < 1.29 is 4.79 Å². The maximum atomic E-state index is 11.8. The van der Waals surface area contributed by atoms with Crippen LogP contribution in [0.3, 0.4) is 0 Å². The topological polar surface area (TPSA) is 32.3 Å². The quantitative estimate of drug-likeness (QED) is 0.790. The Kier molecular flexibility index (Phi) is 2.99. The third-order valence-corrected chi connectivity index (χ3v) is 4.01. The van der Waals surface area contributed by atoms with Gasteiger partial charge in [-0.3, -0.25) is 10.1 Å². The smallest absolute Gasteiger partial charge is 0.237 e. The second-order valence-corrected chi connectivity index (χ2v) is 6.46. The van der Waals surface area contributed by atoms with Crippen LogP contribution < -0.4 is 5.32 Å². The molecule has 2 atom stereocenters. The van der Waals surface area contributed by atoms with Crippen LogP contribution in [0.1, 0.15) is 40.5 Å². The third-order valence-electron chi connectivity index (χ3n) is 4.01. The predicted molar refractivity (Wildman–Crippen MR) is 64.8 cm³/mol. The van der Waals surface area contributed by atoms with E-state index in [0.717, 1.165) is 13.0 Å². The molecule has 1 N–H and O–H groups in total. The number of carbonyl (C=O) groups is 1. The summed E-state index contributed by atoms with van der Waals surface area (Å²) in [6, 6.07) is 0. The Balaban J connectivity index is 1.92. The van der Waals surface area contributed by atoms with Crippen LogP contribution in [0.5, 0.6) is 0 Å². The largest absolute Gasteiger partial charge is 0.326 e. The van der Waals surface area contributed by atoms with Crippen LogP contribution in [-0.2, 0) is 4.79 Å². The maximum Gasteiger partial charge on any atom is 0.237 e. The summed E-state index contributed by atoms with van der Waals surface area (Å²) in [5.74, 6) is 1.64. The van der Waals surface area contributed by atoms with E-state index in [1.807, 2.05) is 0 Å². The van der Waals surface area contributed by atoms with Crippen molar-refractivity contribution in [2.45, 2.75) is 46.7 Å². The zero-order chi connectivity index (χ0) is 11.9. The van der Waals surface area contributed by atoms with Gasteiger partial charge in [0.1, 0.15) is 0 Å². The van der Waals surface area contributed by atoms with Crippen LogP contribution >= 0.6 is 0 Å². The molecule has 3 nitrogen and oxygen atoms in total. The van der Waals surface area contributed by atoms with Gasteiger partial charge in [-0.2, -0.15) is 0 Å². The molecule has 1 amide bonds. The molecule has 0 aromatic heterocycles. The second-order valence-electron chi connectivity index (χ2n) is 6.46. The van der Waals surface area contributed by atoms with Gasteiger partial charge in [-0.1, -0.05) is 27.7 Å². The Hall–Kier alpha value is -0.570. The molecule has 1 heterocycles. The minimum Gasteiger partial charge on any atom is -0.326 e. The first-order valence-electron chi connectivity index (χ1n) is 6.43. The number of rotatable bonds is 4. The van der Waals surface area contributed by atoms with Crippen molar-refractivity contribution >= 4 is 5.91 Å². The Morgan fingerprint density at radius 1 is 1.50 bits per heavy atom. The highest BCUT2D eigenvalue weighted by Gasteiger charge is 2.48. The molecule has 3 heteroatoms. The van der Waals surface area contributed by atoms with Gasteiger partial charge in [0.2, 0.25) is 5.91 Å². The number of amides is 1. The summed E-state index contributed by atoms with van der Waals surface area (Å²) in [6.07, 6.45) is 2.62. The summed E-state index contributed by atoms with van der Waals surface area (Å²) in [7, 11) is 0. The molecule has 2 unspecified atom stereocenters. The summed E-state index contributed by atoms with van der Waals surface area (Å²) in [5, 5.41) is 3.32. The highest BCUT2D eigenvalue weighted by molar-refractivity contribution is 5.80. The van der Waals surface area contributed by atoms with E-state index in [1.54, 1.807) is 0 Å². The minimum absolute atomic E-state index is 0.281. The lowest BCUT2D eigenvalue weighted by atomic mass is 10.1. The zero-order valence-electron chi connectivity index (χ0n) is 10.9. The second kappa shape index (κ2) is 4.02. The Morgan fingerprint density at radius 3 is 2.62 bits per heavy atom. The molecular weight excluding hydrogens is 200 g/mol. The van der Waals surface area contributed by atoms with Crippen molar-refractivity contribution in [3.05, 3.63) is 0 Å². The molecule has 1 saturated heterocycles. The summed E-state index contributed by atoms with van der Waals surface area (Å²) >= 11 is 0. The van der Waals surface area contributed by atoms with E-state index in [2.05, 4.69) is 37.9 Å². The maximum absolute atomic E-state index is 11.8. The molecule has 0 aromatic carbocycles. The molecular formula is C13H24N2O. The van der Waals surface area contributed by atoms with Crippen LogP contribution in [-0.4, -0.2) is 30.1 Å². The van der Waals surface area contributed by atoms with Gasteiger partial charge >= 0.3 is 0 Å². The number of hydrogen-bond acceptors (Lipinski definition) is 2. The van der Waals surface area contributed by atoms with Crippen molar-refractivity contribution in [3.8, 4) is 0 Å². The lowest BCUT2D eigenvalue weighted by molar-refractivity contribution is -0.128. The van der Waals surface area contributed by atoms with Crippen molar-refractivity contribution in [1.82, 2.24) is 10.2 Å². The van der Waals surface area contributed by atoms with E-state index in [-0.39, 0.29) is 12.1 Å². The molecule has 0 radical (unpaired) electrons. The van der Waals surface area contributed by atoms with Gasteiger partial charge in [-0.05, 0) is 30.1 Å². The van der Waals surface area contributed by atoms with Crippen LogP contribution in [0.2, 0.25) is 0 Å². The lowest BCUT2D eigenvalue weighted by Crippen LogP contribution is -2.40. The molecule has 16 heavy (non-hydrogen) atoms. The number of hydrogen-bond donors (Lipinski definition) is 1. The Bertz CT molecular complexity index is 286. The first-order chi connectivity index (χ1) is 7.40. The summed E-state index contributed by atoms with van der Waals surface area (Å²) in [4.78, 5) is 13.9. The fourth-order valence-corrected chi connectivity index (χ4v) is 2.60. The standard InChI is InChI=1S/C13H24N2O/c1-9(2)5-11-14-7-12(16)15(11)8-10-6-13(10,3)4/h9-11,14H,5-8H2,1-4H3. The monoisotopic (exact) mass is 224 g/mol. The van der Waals surface area contributed by atoms with E-state index < -0.39 is 0 Å². The number of nitrogens with one attached hydrogen (secondary N) is 1. The molecule has 2 fully saturated rings. The third kappa shape index (κ3) is 2.40. The normalized spacial score (nSPS) is 32.6. The van der Waals surface area contributed by atoms with Crippen molar-refractivity contribution in [2.75, 3.05) is 13.1 Å². The number of carbonyl (C=O) groups excluding carboxylic acids is 1. The van der Waals surface area contributed by atoms with E-state index >= 15 is 0 Å². The molecule has 0 aromatic rings. The lowest BCUT2D eigenvalue weighted by Gasteiger charge is -2.26. The summed E-state index contributed by atoms with van der Waals surface area (Å²) in [5.41, 5.74) is 0.464. The van der Waals surface area contributed by atoms with E-state index in [0.29, 0.717) is 23.8 Å². The van der Waals surface area contributed by atoms with Crippen LogP contribution in [0.25, 0.3) is 0 Å². The first-order valence-corrected chi connectivity index (χ1v) is 6.43. The van der Waals surface area contributed by atoms with Gasteiger partial charge in [-0.25, -0.2) is 0 Å². The SMILES string of the molecule is CC(C)CC1NCC(=O)N1CC1CC1(C)C. The minimum atomic E-state index is 0.281. The zero-order valence-corrected chi connectivity index (χ0v) is 10.9. The number of nitrogens with zero attached hydrogens (tertiary/aromatic N) is 1. The van der Waals surface area contributed by atoms with E-state index in [4.69, 9.17) is 0 Å². The van der Waals surface area contributed by atoms with Gasteiger partial charge in [0.25, 0.3) is 0 Å².